The summed E-state index contributed by atoms with van der Waals surface area (Å²) < 4.78 is 71.5. The second-order valence-corrected chi connectivity index (χ2v) is 9.54. The molecule has 1 amide bonds. The number of amides is 1. The fourth-order valence-electron chi connectivity index (χ4n) is 4.48. The number of aliphatic carboxylic acids is 1. The summed E-state index contributed by atoms with van der Waals surface area (Å²) >= 11 is 0. The van der Waals surface area contributed by atoms with E-state index in [9.17, 15) is 41.4 Å². The molecule has 3 aromatic heterocycles. The van der Waals surface area contributed by atoms with Gasteiger partial charge < -0.3 is 24.7 Å². The zero-order valence-corrected chi connectivity index (χ0v) is 22.5. The lowest BCUT2D eigenvalue weighted by Crippen LogP contribution is -2.43. The second kappa shape index (κ2) is 11.6. The predicted molar refractivity (Wildman–Crippen MR) is 141 cm³/mol. The first-order valence-corrected chi connectivity index (χ1v) is 12.6. The number of rotatable bonds is 9. The third-order valence-corrected chi connectivity index (χ3v) is 6.51. The highest BCUT2D eigenvalue weighted by molar-refractivity contribution is 5.97. The molecule has 3 heterocycles. The van der Waals surface area contributed by atoms with Crippen molar-refractivity contribution >= 4 is 23.2 Å². The van der Waals surface area contributed by atoms with Gasteiger partial charge in [-0.3, -0.25) is 9.59 Å². The van der Waals surface area contributed by atoms with E-state index in [2.05, 4.69) is 15.3 Å². The summed E-state index contributed by atoms with van der Waals surface area (Å²) in [6.45, 7) is 2.94. The van der Waals surface area contributed by atoms with Gasteiger partial charge in [-0.05, 0) is 37.6 Å². The number of fused-ring (bicyclic) bond motifs is 1. The normalized spacial score (nSPS) is 13.1. The van der Waals surface area contributed by atoms with Crippen LogP contribution in [0.3, 0.4) is 0 Å². The fraction of sp³-hybridized carbons (Fsp3) is 0.296. The largest absolute Gasteiger partial charge is 0.480 e. The van der Waals surface area contributed by atoms with Crippen molar-refractivity contribution in [3.63, 3.8) is 0 Å². The number of aromatic nitrogens is 4. The van der Waals surface area contributed by atoms with Gasteiger partial charge in [-0.2, -0.15) is 13.2 Å². The Morgan fingerprint density at radius 2 is 1.81 bits per heavy atom. The molecule has 4 rings (SSSR count). The molecule has 0 aliphatic carbocycles. The van der Waals surface area contributed by atoms with Crippen LogP contribution < -0.4 is 16.2 Å². The van der Waals surface area contributed by atoms with E-state index in [0.717, 1.165) is 0 Å². The molecule has 10 nitrogen and oxygen atoms in total. The molecule has 0 unspecified atom stereocenters. The van der Waals surface area contributed by atoms with E-state index in [-0.39, 0.29) is 23.3 Å². The third kappa shape index (κ3) is 6.09. The highest BCUT2D eigenvalue weighted by Crippen LogP contribution is 2.28. The minimum Gasteiger partial charge on any atom is -0.480 e. The number of nitrogens with zero attached hydrogens (tertiary/aromatic N) is 4. The summed E-state index contributed by atoms with van der Waals surface area (Å²) in [7, 11) is 1.57. The number of carboxylic acid groups (broad SMARTS) is 1. The molecule has 0 fully saturated rings. The Labute approximate surface area is 234 Å². The van der Waals surface area contributed by atoms with Gasteiger partial charge in [-0.25, -0.2) is 23.5 Å². The smallest absolute Gasteiger partial charge is 0.408 e. The Hall–Kier alpha value is -4.82. The standard InChI is InChI=1S/C27H25F5N6O4/c1-4-20(27(30,31)32)35-14-9-17(28)21(18(29)10-14)24(39)36-19(26(41)42)11-15-5-6-16(23-33-7-8-38(15)23)22-25(40)37(3)12-13(2)34-22/h5-10,12,19-20,35H,4,11H2,1-3H3,(H,36,39)(H,41,42)/t19-,20+/m0/s1. The van der Waals surface area contributed by atoms with E-state index in [1.807, 2.05) is 5.32 Å². The van der Waals surface area contributed by atoms with E-state index in [0.29, 0.717) is 29.1 Å². The number of halogens is 5. The Balaban J connectivity index is 1.61. The number of alkyl halides is 3. The zero-order valence-electron chi connectivity index (χ0n) is 22.5. The lowest BCUT2D eigenvalue weighted by molar-refractivity contribution is -0.143. The number of hydrogen-bond donors (Lipinski definition) is 3. The summed E-state index contributed by atoms with van der Waals surface area (Å²) in [5.41, 5.74) is -0.418. The van der Waals surface area contributed by atoms with Crippen LogP contribution in [0.25, 0.3) is 16.9 Å². The Kier molecular flexibility index (Phi) is 8.31. The van der Waals surface area contributed by atoms with Crippen LogP contribution in [0.2, 0.25) is 0 Å². The number of benzene rings is 1. The molecule has 42 heavy (non-hydrogen) atoms. The van der Waals surface area contributed by atoms with Crippen LogP contribution in [0.4, 0.5) is 27.6 Å². The maximum Gasteiger partial charge on any atom is 0.408 e. The number of pyridine rings is 1. The van der Waals surface area contributed by atoms with Crippen molar-refractivity contribution in [2.24, 2.45) is 7.05 Å². The van der Waals surface area contributed by atoms with Gasteiger partial charge in [0.2, 0.25) is 0 Å². The first-order valence-electron chi connectivity index (χ1n) is 12.6. The van der Waals surface area contributed by atoms with Crippen molar-refractivity contribution in [3.8, 4) is 11.3 Å². The molecule has 0 radical (unpaired) electrons. The lowest BCUT2D eigenvalue weighted by atomic mass is 10.1. The SMILES string of the molecule is CC[C@@H](Nc1cc(F)c(C(=O)N[C@@H](Cc2ccc(-c3nc(C)cn(C)c3=O)c3nccn23)C(=O)O)c(F)c1)C(F)(F)F. The van der Waals surface area contributed by atoms with E-state index >= 15 is 0 Å². The first kappa shape index (κ1) is 30.1. The summed E-state index contributed by atoms with van der Waals surface area (Å²) in [5.74, 6) is -5.91. The molecule has 0 aliphatic heterocycles. The molecule has 0 saturated carbocycles. The number of carboxylic acids is 1. The number of nitrogens with one attached hydrogen (secondary N) is 2. The Morgan fingerprint density at radius 1 is 1.14 bits per heavy atom. The molecule has 0 aliphatic rings. The molecule has 2 atom stereocenters. The molecular formula is C27H25F5N6O4. The molecule has 15 heteroatoms. The number of hydrogen-bond acceptors (Lipinski definition) is 6. The number of anilines is 1. The average Bonchev–Trinajstić information content (AvgIpc) is 3.38. The van der Waals surface area contributed by atoms with E-state index in [1.54, 1.807) is 20.2 Å². The van der Waals surface area contributed by atoms with Crippen LogP contribution in [-0.2, 0) is 18.3 Å². The zero-order chi connectivity index (χ0) is 30.9. The summed E-state index contributed by atoms with van der Waals surface area (Å²) in [6.07, 6.45) is -0.983. The molecule has 0 spiro atoms. The molecular weight excluding hydrogens is 567 g/mol. The van der Waals surface area contributed by atoms with Crippen molar-refractivity contribution in [3.05, 3.63) is 81.8 Å². The van der Waals surface area contributed by atoms with Crippen molar-refractivity contribution in [1.82, 2.24) is 24.3 Å². The van der Waals surface area contributed by atoms with Gasteiger partial charge in [0, 0.05) is 49.0 Å². The van der Waals surface area contributed by atoms with Crippen LogP contribution >= 0.6 is 0 Å². The second-order valence-electron chi connectivity index (χ2n) is 9.54. The van der Waals surface area contributed by atoms with Crippen LogP contribution in [0.15, 0.2) is 47.7 Å². The first-order chi connectivity index (χ1) is 19.7. The number of carbonyl (C=O) groups excluding carboxylic acids is 1. The minimum atomic E-state index is -4.68. The summed E-state index contributed by atoms with van der Waals surface area (Å²) in [5, 5.41) is 13.8. The molecule has 222 valence electrons. The molecule has 0 bridgehead atoms. The van der Waals surface area contributed by atoms with Crippen molar-refractivity contribution in [2.75, 3.05) is 5.32 Å². The third-order valence-electron chi connectivity index (χ3n) is 6.51. The van der Waals surface area contributed by atoms with Crippen molar-refractivity contribution in [2.45, 2.75) is 44.9 Å². The molecule has 3 N–H and O–H groups in total. The highest BCUT2D eigenvalue weighted by atomic mass is 19.4. The summed E-state index contributed by atoms with van der Waals surface area (Å²) in [4.78, 5) is 46.1. The minimum absolute atomic E-state index is 0.118. The molecule has 4 aromatic rings. The maximum atomic E-state index is 14.7. The fourth-order valence-corrected chi connectivity index (χ4v) is 4.48. The van der Waals surface area contributed by atoms with Crippen LogP contribution in [0, 0.1) is 18.6 Å². The number of imidazole rings is 1. The van der Waals surface area contributed by atoms with Gasteiger partial charge in [0.05, 0.1) is 5.69 Å². The van der Waals surface area contributed by atoms with Crippen LogP contribution in [0.5, 0.6) is 0 Å². The average molecular weight is 593 g/mol. The van der Waals surface area contributed by atoms with Crippen LogP contribution in [-0.4, -0.2) is 54.2 Å². The van der Waals surface area contributed by atoms with Gasteiger partial charge >= 0.3 is 12.1 Å². The highest BCUT2D eigenvalue weighted by Gasteiger charge is 2.38. The Morgan fingerprint density at radius 3 is 2.40 bits per heavy atom. The van der Waals surface area contributed by atoms with Gasteiger partial charge in [0.25, 0.3) is 11.5 Å². The quantitative estimate of drug-likeness (QED) is 0.252. The molecule has 1 aromatic carbocycles. The van der Waals surface area contributed by atoms with E-state index in [1.165, 1.54) is 40.4 Å². The number of aryl methyl sites for hydroxylation is 2. The molecule has 0 saturated heterocycles. The summed E-state index contributed by atoms with van der Waals surface area (Å²) in [6, 6.07) is 0.326. The topological polar surface area (TPSA) is 131 Å². The predicted octanol–water partition coefficient (Wildman–Crippen LogP) is 3.86. The monoisotopic (exact) mass is 592 g/mol. The van der Waals surface area contributed by atoms with Crippen LogP contribution in [0.1, 0.15) is 35.1 Å². The lowest BCUT2D eigenvalue weighted by Gasteiger charge is -2.22. The van der Waals surface area contributed by atoms with Gasteiger partial charge in [-0.1, -0.05) is 6.92 Å². The maximum absolute atomic E-state index is 14.7. The van der Waals surface area contributed by atoms with E-state index in [4.69, 9.17) is 0 Å². The van der Waals surface area contributed by atoms with Crippen molar-refractivity contribution < 1.29 is 36.6 Å². The number of carbonyl (C=O) groups is 2. The Bertz CT molecular complexity index is 1710. The van der Waals surface area contributed by atoms with Crippen molar-refractivity contribution in [1.29, 1.82) is 0 Å². The van der Waals surface area contributed by atoms with Gasteiger partial charge in [0.1, 0.15) is 40.6 Å². The van der Waals surface area contributed by atoms with Gasteiger partial charge in [-0.15, -0.1) is 0 Å². The van der Waals surface area contributed by atoms with E-state index < -0.39 is 59.4 Å². The van der Waals surface area contributed by atoms with Gasteiger partial charge in [0.15, 0.2) is 0 Å².